The normalized spacial score (nSPS) is 11.0. The quantitative estimate of drug-likeness (QED) is 0.148. The number of nitrogens with one attached hydrogen (secondary N) is 1. The van der Waals surface area contributed by atoms with Crippen molar-refractivity contribution in [2.45, 2.75) is 0 Å². The van der Waals surface area contributed by atoms with Gasteiger partial charge in [0, 0.05) is 20.7 Å². The molecule has 1 N–H and O–H groups in total. The molecule has 1 aromatic heterocycles. The average molecular weight is 499 g/mol. The first-order valence-electron chi connectivity index (χ1n) is 9.62. The lowest BCUT2D eigenvalue weighted by Gasteiger charge is -2.03. The Hall–Kier alpha value is -3.39. The van der Waals surface area contributed by atoms with E-state index in [1.807, 2.05) is 12.1 Å². The van der Waals surface area contributed by atoms with E-state index >= 15 is 0 Å². The first-order valence-corrected chi connectivity index (χ1v) is 11.2. The van der Waals surface area contributed by atoms with Crippen molar-refractivity contribution in [2.75, 3.05) is 7.11 Å². The number of carbonyl (C=O) groups is 2. The Morgan fingerprint density at radius 1 is 0.970 bits per heavy atom. The maximum Gasteiger partial charge on any atom is 0.355 e. The van der Waals surface area contributed by atoms with Gasteiger partial charge in [-0.05, 0) is 72.3 Å². The molecule has 0 bridgehead atoms. The van der Waals surface area contributed by atoms with Crippen LogP contribution >= 0.6 is 34.5 Å². The fraction of sp³-hybridized carbons (Fsp3) is 0.0417. The fourth-order valence-corrected chi connectivity index (χ4v) is 4.45. The monoisotopic (exact) mass is 498 g/mol. The molecule has 0 aliphatic rings. The first-order chi connectivity index (χ1) is 15.9. The number of hydrazone groups is 1. The summed E-state index contributed by atoms with van der Waals surface area (Å²) >= 11 is 13.4. The second-order valence-electron chi connectivity index (χ2n) is 6.77. The summed E-state index contributed by atoms with van der Waals surface area (Å²) in [6.07, 6.45) is 1.48. The number of halogens is 2. The largest absolute Gasteiger partial charge is 0.497 e. The van der Waals surface area contributed by atoms with E-state index in [-0.39, 0.29) is 5.91 Å². The minimum Gasteiger partial charge on any atom is -0.497 e. The van der Waals surface area contributed by atoms with E-state index in [9.17, 15) is 9.59 Å². The SMILES string of the molecule is COc1ccc2c(Cl)c(C(=O)Oc3ccc(/C=N/NC(=O)c4ccc(Cl)cc4)cc3)sc2c1. The molecule has 0 aliphatic heterocycles. The van der Waals surface area contributed by atoms with Crippen LogP contribution in [0.2, 0.25) is 10.0 Å². The number of carbonyl (C=O) groups excluding carboxylic acids is 2. The van der Waals surface area contributed by atoms with Gasteiger partial charge >= 0.3 is 5.97 Å². The number of amides is 1. The van der Waals surface area contributed by atoms with Crippen LogP contribution in [-0.2, 0) is 0 Å². The van der Waals surface area contributed by atoms with Gasteiger partial charge in [-0.1, -0.05) is 23.2 Å². The maximum atomic E-state index is 12.6. The van der Waals surface area contributed by atoms with E-state index < -0.39 is 5.97 Å². The number of ether oxygens (including phenoxy) is 2. The van der Waals surface area contributed by atoms with Crippen LogP contribution in [0.5, 0.6) is 11.5 Å². The maximum absolute atomic E-state index is 12.6. The number of thiophene rings is 1. The molecule has 0 saturated carbocycles. The van der Waals surface area contributed by atoms with Gasteiger partial charge in [0.15, 0.2) is 0 Å². The van der Waals surface area contributed by atoms with Crippen LogP contribution in [0.4, 0.5) is 0 Å². The minimum absolute atomic E-state index is 0.315. The molecule has 0 aliphatic carbocycles. The summed E-state index contributed by atoms with van der Waals surface area (Å²) < 4.78 is 11.5. The third-order valence-corrected chi connectivity index (χ3v) is 6.49. The lowest BCUT2D eigenvalue weighted by Crippen LogP contribution is -2.17. The van der Waals surface area contributed by atoms with Crippen molar-refractivity contribution in [3.8, 4) is 11.5 Å². The Kier molecular flexibility index (Phi) is 6.93. The van der Waals surface area contributed by atoms with Crippen molar-refractivity contribution in [3.05, 3.63) is 92.8 Å². The predicted molar refractivity (Wildman–Crippen MR) is 131 cm³/mol. The van der Waals surface area contributed by atoms with Gasteiger partial charge < -0.3 is 9.47 Å². The molecule has 0 radical (unpaired) electrons. The van der Waals surface area contributed by atoms with Gasteiger partial charge in [-0.2, -0.15) is 5.10 Å². The van der Waals surface area contributed by atoms with Crippen molar-refractivity contribution < 1.29 is 19.1 Å². The zero-order chi connectivity index (χ0) is 23.4. The van der Waals surface area contributed by atoms with Gasteiger partial charge in [0.2, 0.25) is 0 Å². The molecule has 1 amide bonds. The molecule has 4 aromatic rings. The lowest BCUT2D eigenvalue weighted by molar-refractivity contribution is 0.0739. The molecular weight excluding hydrogens is 483 g/mol. The number of esters is 1. The summed E-state index contributed by atoms with van der Waals surface area (Å²) in [7, 11) is 1.58. The summed E-state index contributed by atoms with van der Waals surface area (Å²) in [6.45, 7) is 0. The number of nitrogens with zero attached hydrogens (tertiary/aromatic N) is 1. The number of fused-ring (bicyclic) bond motifs is 1. The van der Waals surface area contributed by atoms with Crippen molar-refractivity contribution in [2.24, 2.45) is 5.10 Å². The Balaban J connectivity index is 1.39. The molecular formula is C24H16Cl2N2O4S. The average Bonchev–Trinajstić information content (AvgIpc) is 3.16. The van der Waals surface area contributed by atoms with Crippen LogP contribution in [0, 0.1) is 0 Å². The van der Waals surface area contributed by atoms with Crippen molar-refractivity contribution >= 4 is 62.7 Å². The molecule has 1 heterocycles. The Labute approximate surface area is 203 Å². The van der Waals surface area contributed by atoms with Crippen LogP contribution in [0.3, 0.4) is 0 Å². The lowest BCUT2D eigenvalue weighted by atomic mass is 10.2. The van der Waals surface area contributed by atoms with Crippen LogP contribution < -0.4 is 14.9 Å². The number of rotatable bonds is 6. The highest BCUT2D eigenvalue weighted by Crippen LogP contribution is 2.37. The van der Waals surface area contributed by atoms with Crippen LogP contribution in [-0.4, -0.2) is 25.2 Å². The minimum atomic E-state index is -0.545. The summed E-state index contributed by atoms with van der Waals surface area (Å²) in [5.41, 5.74) is 3.59. The Morgan fingerprint density at radius 3 is 2.36 bits per heavy atom. The Morgan fingerprint density at radius 2 is 1.67 bits per heavy atom. The van der Waals surface area contributed by atoms with Crippen molar-refractivity contribution in [3.63, 3.8) is 0 Å². The first kappa shape index (κ1) is 22.8. The number of benzene rings is 3. The molecule has 9 heteroatoms. The summed E-state index contributed by atoms with van der Waals surface area (Å²) in [5, 5.41) is 5.60. The molecule has 4 rings (SSSR count). The third-order valence-electron chi connectivity index (χ3n) is 4.60. The standard InChI is InChI=1S/C24H16Cl2N2O4S/c1-31-18-10-11-19-20(12-18)33-22(21(19)26)24(30)32-17-8-2-14(3-9-17)13-27-28-23(29)15-4-6-16(25)7-5-15/h2-13H,1H3,(H,28,29)/b27-13+. The zero-order valence-electron chi connectivity index (χ0n) is 17.2. The molecule has 0 atom stereocenters. The fourth-order valence-electron chi connectivity index (χ4n) is 2.91. The molecule has 3 aromatic carbocycles. The van der Waals surface area contributed by atoms with Gasteiger partial charge in [0.1, 0.15) is 16.4 Å². The van der Waals surface area contributed by atoms with E-state index in [1.54, 1.807) is 61.7 Å². The predicted octanol–water partition coefficient (Wildman–Crippen LogP) is 6.20. The van der Waals surface area contributed by atoms with E-state index in [0.29, 0.717) is 37.5 Å². The zero-order valence-corrected chi connectivity index (χ0v) is 19.5. The van der Waals surface area contributed by atoms with Crippen LogP contribution in [0.25, 0.3) is 10.1 Å². The van der Waals surface area contributed by atoms with E-state index in [2.05, 4.69) is 10.5 Å². The molecule has 6 nitrogen and oxygen atoms in total. The van der Waals surface area contributed by atoms with Gasteiger partial charge in [-0.3, -0.25) is 4.79 Å². The van der Waals surface area contributed by atoms with Gasteiger partial charge in [-0.15, -0.1) is 11.3 Å². The summed E-state index contributed by atoms with van der Waals surface area (Å²) in [5.74, 6) is 0.138. The molecule has 166 valence electrons. The second kappa shape index (κ2) is 10.0. The highest BCUT2D eigenvalue weighted by atomic mass is 35.5. The topological polar surface area (TPSA) is 77.0 Å². The number of hydrogen-bond donors (Lipinski definition) is 1. The van der Waals surface area contributed by atoms with Gasteiger partial charge in [-0.25, -0.2) is 10.2 Å². The van der Waals surface area contributed by atoms with Crippen LogP contribution in [0.15, 0.2) is 71.8 Å². The van der Waals surface area contributed by atoms with Gasteiger partial charge in [0.05, 0.1) is 18.3 Å². The van der Waals surface area contributed by atoms with Gasteiger partial charge in [0.25, 0.3) is 5.91 Å². The van der Waals surface area contributed by atoms with E-state index in [4.69, 9.17) is 32.7 Å². The molecule has 0 fully saturated rings. The highest BCUT2D eigenvalue weighted by molar-refractivity contribution is 7.21. The van der Waals surface area contributed by atoms with E-state index in [1.165, 1.54) is 17.6 Å². The smallest absolute Gasteiger partial charge is 0.355 e. The van der Waals surface area contributed by atoms with E-state index in [0.717, 1.165) is 10.1 Å². The van der Waals surface area contributed by atoms with Crippen molar-refractivity contribution in [1.29, 1.82) is 0 Å². The Bertz CT molecular complexity index is 1350. The second-order valence-corrected chi connectivity index (χ2v) is 8.64. The molecule has 0 saturated heterocycles. The van der Waals surface area contributed by atoms with Crippen molar-refractivity contribution in [1.82, 2.24) is 5.43 Å². The highest BCUT2D eigenvalue weighted by Gasteiger charge is 2.19. The third kappa shape index (κ3) is 5.34. The number of methoxy groups -OCH3 is 1. The summed E-state index contributed by atoms with van der Waals surface area (Å²) in [6, 6.07) is 18.6. The molecule has 33 heavy (non-hydrogen) atoms. The summed E-state index contributed by atoms with van der Waals surface area (Å²) in [4.78, 5) is 25.0. The van der Waals surface area contributed by atoms with Crippen LogP contribution in [0.1, 0.15) is 25.6 Å². The number of hydrogen-bond acceptors (Lipinski definition) is 6. The molecule has 0 spiro atoms. The molecule has 0 unspecified atom stereocenters.